The smallest absolute Gasteiger partial charge is 0.0580 e. The number of nitrogens with one attached hydrogen (secondary N) is 1. The zero-order valence-corrected chi connectivity index (χ0v) is 11.5. The van der Waals surface area contributed by atoms with Gasteiger partial charge in [-0.25, -0.2) is 0 Å². The fourth-order valence-electron chi connectivity index (χ4n) is 3.86. The Hall–Kier alpha value is -0.0800. The van der Waals surface area contributed by atoms with Crippen LogP contribution in [-0.2, 0) is 0 Å². The molecular weight excluding hydrogens is 210 g/mol. The third-order valence-electron chi connectivity index (χ3n) is 4.72. The van der Waals surface area contributed by atoms with E-state index in [1.54, 1.807) is 0 Å². The molecule has 0 spiro atoms. The van der Waals surface area contributed by atoms with Crippen molar-refractivity contribution in [2.75, 3.05) is 6.54 Å². The summed E-state index contributed by atoms with van der Waals surface area (Å²) in [5, 5.41) is 13.7. The third kappa shape index (κ3) is 3.96. The van der Waals surface area contributed by atoms with Gasteiger partial charge in [-0.2, -0.15) is 0 Å². The van der Waals surface area contributed by atoms with E-state index < -0.39 is 0 Å². The molecular formula is C15H29NO. The summed E-state index contributed by atoms with van der Waals surface area (Å²) in [7, 11) is 0. The van der Waals surface area contributed by atoms with E-state index >= 15 is 0 Å². The van der Waals surface area contributed by atoms with Crippen molar-refractivity contribution < 1.29 is 5.11 Å². The minimum absolute atomic E-state index is 0.0466. The Balaban J connectivity index is 1.73. The zero-order valence-electron chi connectivity index (χ0n) is 11.5. The van der Waals surface area contributed by atoms with Gasteiger partial charge >= 0.3 is 0 Å². The summed E-state index contributed by atoms with van der Waals surface area (Å²) < 4.78 is 0. The van der Waals surface area contributed by atoms with E-state index in [-0.39, 0.29) is 6.10 Å². The maximum absolute atomic E-state index is 9.96. The Morgan fingerprint density at radius 3 is 2.29 bits per heavy atom. The average Bonchev–Trinajstić information content (AvgIpc) is 2.27. The predicted octanol–water partition coefficient (Wildman–Crippen LogP) is 2.95. The maximum atomic E-state index is 9.96. The molecule has 2 heteroatoms. The Labute approximate surface area is 106 Å². The second-order valence-corrected chi connectivity index (χ2v) is 6.63. The molecule has 2 saturated carbocycles. The molecule has 0 saturated heterocycles. The highest BCUT2D eigenvalue weighted by atomic mass is 16.3. The van der Waals surface area contributed by atoms with Gasteiger partial charge in [0.15, 0.2) is 0 Å². The standard InChI is InChI=1S/C15H29NO/c1-11-7-12(2)9-14(8-11)16-10-13-5-3-4-6-15(13)17/h11-17H,3-10H2,1-2H3. The van der Waals surface area contributed by atoms with Gasteiger partial charge in [0.2, 0.25) is 0 Å². The lowest BCUT2D eigenvalue weighted by Gasteiger charge is -2.34. The van der Waals surface area contributed by atoms with Gasteiger partial charge in [0, 0.05) is 12.6 Å². The molecule has 0 radical (unpaired) electrons. The van der Waals surface area contributed by atoms with Crippen LogP contribution in [0.3, 0.4) is 0 Å². The van der Waals surface area contributed by atoms with Crippen LogP contribution < -0.4 is 5.32 Å². The van der Waals surface area contributed by atoms with Crippen molar-refractivity contribution in [3.8, 4) is 0 Å². The summed E-state index contributed by atoms with van der Waals surface area (Å²) in [6, 6.07) is 0.697. The molecule has 2 rings (SSSR count). The summed E-state index contributed by atoms with van der Waals surface area (Å²) in [6.07, 6.45) is 8.76. The van der Waals surface area contributed by atoms with Gasteiger partial charge in [-0.15, -0.1) is 0 Å². The van der Waals surface area contributed by atoms with E-state index in [1.807, 2.05) is 0 Å². The minimum Gasteiger partial charge on any atom is -0.393 e. The fraction of sp³-hybridized carbons (Fsp3) is 1.00. The predicted molar refractivity (Wildman–Crippen MR) is 71.9 cm³/mol. The van der Waals surface area contributed by atoms with Gasteiger partial charge < -0.3 is 10.4 Å². The van der Waals surface area contributed by atoms with Crippen LogP contribution in [0.4, 0.5) is 0 Å². The molecule has 0 bridgehead atoms. The molecule has 0 heterocycles. The number of rotatable bonds is 3. The van der Waals surface area contributed by atoms with Crippen LogP contribution in [-0.4, -0.2) is 23.8 Å². The number of aliphatic hydroxyl groups is 1. The topological polar surface area (TPSA) is 32.3 Å². The molecule has 2 nitrogen and oxygen atoms in total. The molecule has 2 aliphatic carbocycles. The van der Waals surface area contributed by atoms with Crippen molar-refractivity contribution in [3.05, 3.63) is 0 Å². The van der Waals surface area contributed by atoms with E-state index in [0.29, 0.717) is 12.0 Å². The first-order valence-corrected chi connectivity index (χ1v) is 7.56. The first-order valence-electron chi connectivity index (χ1n) is 7.56. The molecule has 0 aliphatic heterocycles. The lowest BCUT2D eigenvalue weighted by Crippen LogP contribution is -2.42. The van der Waals surface area contributed by atoms with Gasteiger partial charge in [0.05, 0.1) is 6.10 Å². The van der Waals surface area contributed by atoms with Crippen LogP contribution in [0.5, 0.6) is 0 Å². The van der Waals surface area contributed by atoms with E-state index in [1.165, 1.54) is 38.5 Å². The van der Waals surface area contributed by atoms with Gasteiger partial charge in [-0.3, -0.25) is 0 Å². The zero-order chi connectivity index (χ0) is 12.3. The second-order valence-electron chi connectivity index (χ2n) is 6.63. The highest BCUT2D eigenvalue weighted by molar-refractivity contribution is 4.82. The molecule has 0 amide bonds. The number of hydrogen-bond acceptors (Lipinski definition) is 2. The van der Waals surface area contributed by atoms with Gasteiger partial charge in [-0.05, 0) is 49.9 Å². The monoisotopic (exact) mass is 239 g/mol. The first kappa shape index (κ1) is 13.4. The van der Waals surface area contributed by atoms with Gasteiger partial charge in [0.25, 0.3) is 0 Å². The molecule has 17 heavy (non-hydrogen) atoms. The Kier molecular flexibility index (Phi) is 4.87. The molecule has 2 N–H and O–H groups in total. The first-order chi connectivity index (χ1) is 8.15. The normalized spacial score (nSPS) is 43.6. The highest BCUT2D eigenvalue weighted by Crippen LogP contribution is 2.29. The van der Waals surface area contributed by atoms with E-state index in [4.69, 9.17) is 0 Å². The van der Waals surface area contributed by atoms with Crippen molar-refractivity contribution in [3.63, 3.8) is 0 Å². The Morgan fingerprint density at radius 2 is 1.65 bits per heavy atom. The summed E-state index contributed by atoms with van der Waals surface area (Å²) in [6.45, 7) is 5.78. The molecule has 4 unspecified atom stereocenters. The van der Waals surface area contributed by atoms with Crippen LogP contribution in [0.15, 0.2) is 0 Å². The lowest BCUT2D eigenvalue weighted by atomic mass is 9.80. The van der Waals surface area contributed by atoms with Crippen LogP contribution in [0.2, 0.25) is 0 Å². The van der Waals surface area contributed by atoms with Crippen molar-refractivity contribution in [2.24, 2.45) is 17.8 Å². The van der Waals surface area contributed by atoms with Crippen LogP contribution >= 0.6 is 0 Å². The quantitative estimate of drug-likeness (QED) is 0.793. The summed E-state index contributed by atoms with van der Waals surface area (Å²) in [5.74, 6) is 2.25. The largest absolute Gasteiger partial charge is 0.393 e. The molecule has 0 aromatic rings. The van der Waals surface area contributed by atoms with Crippen LogP contribution in [0, 0.1) is 17.8 Å². The number of aliphatic hydroxyl groups excluding tert-OH is 1. The SMILES string of the molecule is CC1CC(C)CC(NCC2CCCCC2O)C1. The molecule has 100 valence electrons. The molecule has 0 aromatic carbocycles. The van der Waals surface area contributed by atoms with Crippen molar-refractivity contribution >= 4 is 0 Å². The Bertz CT molecular complexity index is 221. The average molecular weight is 239 g/mol. The van der Waals surface area contributed by atoms with Crippen molar-refractivity contribution in [2.45, 2.75) is 70.9 Å². The van der Waals surface area contributed by atoms with E-state index in [2.05, 4.69) is 19.2 Å². The minimum atomic E-state index is -0.0466. The molecule has 2 aliphatic rings. The van der Waals surface area contributed by atoms with E-state index in [0.717, 1.165) is 24.8 Å². The molecule has 4 atom stereocenters. The number of hydrogen-bond donors (Lipinski definition) is 2. The van der Waals surface area contributed by atoms with E-state index in [9.17, 15) is 5.11 Å². The summed E-state index contributed by atoms with van der Waals surface area (Å²) >= 11 is 0. The lowest BCUT2D eigenvalue weighted by molar-refractivity contribution is 0.0659. The van der Waals surface area contributed by atoms with Crippen LogP contribution in [0.1, 0.15) is 58.8 Å². The van der Waals surface area contributed by atoms with Crippen LogP contribution in [0.25, 0.3) is 0 Å². The third-order valence-corrected chi connectivity index (χ3v) is 4.72. The molecule has 2 fully saturated rings. The molecule has 0 aromatic heterocycles. The van der Waals surface area contributed by atoms with Gasteiger partial charge in [0.1, 0.15) is 0 Å². The second kappa shape index (κ2) is 6.19. The maximum Gasteiger partial charge on any atom is 0.0580 e. The summed E-state index contributed by atoms with van der Waals surface area (Å²) in [4.78, 5) is 0. The fourth-order valence-corrected chi connectivity index (χ4v) is 3.86. The summed E-state index contributed by atoms with van der Waals surface area (Å²) in [5.41, 5.74) is 0. The van der Waals surface area contributed by atoms with Crippen molar-refractivity contribution in [1.29, 1.82) is 0 Å². The van der Waals surface area contributed by atoms with Crippen molar-refractivity contribution in [1.82, 2.24) is 5.32 Å². The highest BCUT2D eigenvalue weighted by Gasteiger charge is 2.27. The Morgan fingerprint density at radius 1 is 1.00 bits per heavy atom. The van der Waals surface area contributed by atoms with Gasteiger partial charge in [-0.1, -0.05) is 26.7 Å².